The van der Waals surface area contributed by atoms with Gasteiger partial charge in [-0.2, -0.15) is 5.10 Å². The van der Waals surface area contributed by atoms with E-state index in [4.69, 9.17) is 10.2 Å². The number of hydrogen-bond donors (Lipinski definition) is 2. The van der Waals surface area contributed by atoms with Crippen LogP contribution in [0.5, 0.6) is 0 Å². The van der Waals surface area contributed by atoms with Crippen LogP contribution in [0.25, 0.3) is 21.3 Å². The minimum Gasteiger partial charge on any atom is -0.389 e. The highest BCUT2D eigenvalue weighted by molar-refractivity contribution is 7.19. The van der Waals surface area contributed by atoms with Crippen molar-refractivity contribution in [2.24, 2.45) is 7.05 Å². The number of thiazole rings is 1. The van der Waals surface area contributed by atoms with Gasteiger partial charge in [0.05, 0.1) is 17.5 Å². The molecule has 7 nitrogen and oxygen atoms in total. The molecular formula is C10H10N4O3S. The van der Waals surface area contributed by atoms with Gasteiger partial charge in [0.25, 0.3) is 5.56 Å². The van der Waals surface area contributed by atoms with Gasteiger partial charge in [-0.3, -0.25) is 4.79 Å². The van der Waals surface area contributed by atoms with Gasteiger partial charge in [-0.05, 0) is 0 Å². The molecule has 0 saturated heterocycles. The zero-order chi connectivity index (χ0) is 12.9. The van der Waals surface area contributed by atoms with Crippen LogP contribution in [0.1, 0.15) is 5.01 Å². The molecule has 0 aliphatic carbocycles. The highest BCUT2D eigenvalue weighted by atomic mass is 32.1. The Morgan fingerprint density at radius 2 is 2.22 bits per heavy atom. The molecular weight excluding hydrogens is 256 g/mol. The van der Waals surface area contributed by atoms with Gasteiger partial charge in [0.2, 0.25) is 0 Å². The van der Waals surface area contributed by atoms with Crippen LogP contribution >= 0.6 is 11.3 Å². The predicted molar refractivity (Wildman–Crippen MR) is 66.3 cm³/mol. The number of aliphatic hydroxyl groups is 2. The number of nitrogens with zero attached hydrogens (tertiary/aromatic N) is 4. The van der Waals surface area contributed by atoms with Gasteiger partial charge in [-0.1, -0.05) is 0 Å². The molecule has 3 rings (SSSR count). The summed E-state index contributed by atoms with van der Waals surface area (Å²) in [6.45, 7) is -0.578. The standard InChI is InChI=1S/C10H10N4O3S/c1-13-7-5(2-11-14(4-16)10(7)17)8-9(13)12-6(3-15)18-8/h2,15-16H,3-4H2,1H3. The number of hydrogen-bond acceptors (Lipinski definition) is 6. The van der Waals surface area contributed by atoms with Gasteiger partial charge in [0.15, 0.2) is 5.65 Å². The summed E-state index contributed by atoms with van der Waals surface area (Å²) in [4.78, 5) is 16.3. The van der Waals surface area contributed by atoms with Crippen molar-refractivity contribution in [1.29, 1.82) is 0 Å². The van der Waals surface area contributed by atoms with Crippen LogP contribution in [0.4, 0.5) is 0 Å². The lowest BCUT2D eigenvalue weighted by atomic mass is 10.4. The molecule has 0 fully saturated rings. The Balaban J connectivity index is 2.50. The number of fused-ring (bicyclic) bond motifs is 3. The summed E-state index contributed by atoms with van der Waals surface area (Å²) in [6.07, 6.45) is 1.54. The maximum absolute atomic E-state index is 12.0. The summed E-state index contributed by atoms with van der Waals surface area (Å²) in [6, 6.07) is 0. The Hall–Kier alpha value is -1.77. The zero-order valence-corrected chi connectivity index (χ0v) is 10.3. The molecule has 0 radical (unpaired) electrons. The van der Waals surface area contributed by atoms with Gasteiger partial charge in [-0.15, -0.1) is 11.3 Å². The van der Waals surface area contributed by atoms with Crippen LogP contribution in [-0.4, -0.2) is 29.5 Å². The van der Waals surface area contributed by atoms with E-state index in [9.17, 15) is 4.79 Å². The van der Waals surface area contributed by atoms with Gasteiger partial charge >= 0.3 is 0 Å². The molecule has 2 N–H and O–H groups in total. The summed E-state index contributed by atoms with van der Waals surface area (Å²) in [5, 5.41) is 23.3. The summed E-state index contributed by atoms with van der Waals surface area (Å²) in [7, 11) is 1.73. The molecule has 18 heavy (non-hydrogen) atoms. The van der Waals surface area contributed by atoms with Gasteiger partial charge in [0, 0.05) is 12.4 Å². The van der Waals surface area contributed by atoms with Crippen LogP contribution in [-0.2, 0) is 20.4 Å². The van der Waals surface area contributed by atoms with E-state index in [-0.39, 0.29) is 12.2 Å². The van der Waals surface area contributed by atoms with Crippen molar-refractivity contribution < 1.29 is 10.2 Å². The van der Waals surface area contributed by atoms with E-state index in [1.54, 1.807) is 11.6 Å². The fourth-order valence-electron chi connectivity index (χ4n) is 2.00. The molecule has 0 saturated carbocycles. The third-order valence-corrected chi connectivity index (χ3v) is 3.90. The second-order valence-corrected chi connectivity index (χ2v) is 4.91. The molecule has 0 aliphatic rings. The number of aromatic nitrogens is 4. The summed E-state index contributed by atoms with van der Waals surface area (Å²) in [5.41, 5.74) is 0.749. The first-order valence-electron chi connectivity index (χ1n) is 5.23. The maximum Gasteiger partial charge on any atom is 0.293 e. The smallest absolute Gasteiger partial charge is 0.293 e. The summed E-state index contributed by atoms with van der Waals surface area (Å²) in [5.74, 6) is 0. The van der Waals surface area contributed by atoms with Crippen molar-refractivity contribution in [3.8, 4) is 0 Å². The lowest BCUT2D eigenvalue weighted by Crippen LogP contribution is -2.23. The first-order chi connectivity index (χ1) is 8.67. The van der Waals surface area contributed by atoms with Crippen LogP contribution in [0.2, 0.25) is 0 Å². The van der Waals surface area contributed by atoms with Crippen molar-refractivity contribution in [2.75, 3.05) is 0 Å². The monoisotopic (exact) mass is 266 g/mol. The largest absolute Gasteiger partial charge is 0.389 e. The molecule has 0 amide bonds. The van der Waals surface area contributed by atoms with Crippen molar-refractivity contribution in [2.45, 2.75) is 13.3 Å². The average molecular weight is 266 g/mol. The topological polar surface area (TPSA) is 93.2 Å². The Bertz CT molecular complexity index is 801. The minimum absolute atomic E-state index is 0.123. The van der Waals surface area contributed by atoms with E-state index in [0.717, 1.165) is 9.38 Å². The molecule has 0 aromatic carbocycles. The second kappa shape index (κ2) is 3.87. The van der Waals surface area contributed by atoms with E-state index >= 15 is 0 Å². The predicted octanol–water partition coefficient (Wildman–Crippen LogP) is -0.213. The molecule has 0 bridgehead atoms. The second-order valence-electron chi connectivity index (χ2n) is 3.83. The van der Waals surface area contributed by atoms with Gasteiger partial charge in [0.1, 0.15) is 17.3 Å². The van der Waals surface area contributed by atoms with Crippen LogP contribution < -0.4 is 5.56 Å². The lowest BCUT2D eigenvalue weighted by Gasteiger charge is -2.00. The molecule has 0 spiro atoms. The van der Waals surface area contributed by atoms with Crippen molar-refractivity contribution >= 4 is 32.6 Å². The van der Waals surface area contributed by atoms with Crippen molar-refractivity contribution in [3.05, 3.63) is 21.6 Å². The van der Waals surface area contributed by atoms with Crippen LogP contribution in [0.15, 0.2) is 11.0 Å². The SMILES string of the molecule is Cn1c2nc(CO)sc2c2cnn(CO)c(=O)c21. The van der Waals surface area contributed by atoms with Gasteiger partial charge < -0.3 is 14.8 Å². The quantitative estimate of drug-likeness (QED) is 0.669. The Morgan fingerprint density at radius 3 is 2.89 bits per heavy atom. The zero-order valence-electron chi connectivity index (χ0n) is 9.49. The Kier molecular flexibility index (Phi) is 2.44. The summed E-state index contributed by atoms with van der Waals surface area (Å²) >= 11 is 1.34. The van der Waals surface area contributed by atoms with E-state index in [1.165, 1.54) is 17.5 Å². The Labute approximate surface area is 105 Å². The normalized spacial score (nSPS) is 11.7. The van der Waals surface area contributed by atoms with E-state index in [0.29, 0.717) is 21.6 Å². The van der Waals surface area contributed by atoms with Crippen molar-refractivity contribution in [3.63, 3.8) is 0 Å². The third kappa shape index (κ3) is 1.33. The lowest BCUT2D eigenvalue weighted by molar-refractivity contribution is 0.189. The molecule has 0 unspecified atom stereocenters. The summed E-state index contributed by atoms with van der Waals surface area (Å²) < 4.78 is 3.47. The molecule has 8 heteroatoms. The molecule has 3 aromatic heterocycles. The Morgan fingerprint density at radius 1 is 1.44 bits per heavy atom. The number of rotatable bonds is 2. The van der Waals surface area contributed by atoms with Crippen LogP contribution in [0.3, 0.4) is 0 Å². The number of aliphatic hydroxyl groups excluding tert-OH is 2. The molecule has 3 aromatic rings. The highest BCUT2D eigenvalue weighted by Crippen LogP contribution is 2.30. The molecule has 94 valence electrons. The van der Waals surface area contributed by atoms with Gasteiger partial charge in [-0.25, -0.2) is 9.67 Å². The molecule has 3 heterocycles. The minimum atomic E-state index is -0.455. The van der Waals surface area contributed by atoms with Crippen molar-refractivity contribution in [1.82, 2.24) is 19.3 Å². The molecule has 0 aliphatic heterocycles. The highest BCUT2D eigenvalue weighted by Gasteiger charge is 2.17. The first kappa shape index (κ1) is 11.3. The van der Waals surface area contributed by atoms with E-state index < -0.39 is 6.73 Å². The van der Waals surface area contributed by atoms with Crippen LogP contribution in [0, 0.1) is 0 Å². The maximum atomic E-state index is 12.0. The fraction of sp³-hybridized carbons (Fsp3) is 0.300. The first-order valence-corrected chi connectivity index (χ1v) is 6.04. The molecule has 0 atom stereocenters. The average Bonchev–Trinajstić information content (AvgIpc) is 2.90. The fourth-order valence-corrected chi connectivity index (χ4v) is 2.97. The third-order valence-electron chi connectivity index (χ3n) is 2.84. The number of aryl methyl sites for hydroxylation is 1. The van der Waals surface area contributed by atoms with E-state index in [2.05, 4.69) is 10.1 Å². The van der Waals surface area contributed by atoms with E-state index in [1.807, 2.05) is 0 Å².